The number of hydrogen-bond donors (Lipinski definition) is 2. The van der Waals surface area contributed by atoms with E-state index in [1.54, 1.807) is 18.7 Å². The van der Waals surface area contributed by atoms with Crippen molar-refractivity contribution in [1.82, 2.24) is 0 Å². The average molecular weight is 357 g/mol. The molecule has 0 bridgehead atoms. The molecule has 0 saturated carbocycles. The van der Waals surface area contributed by atoms with Crippen molar-refractivity contribution in [2.45, 2.75) is 48.2 Å². The number of aliphatic hydroxyl groups is 1. The van der Waals surface area contributed by atoms with Gasteiger partial charge in [0.05, 0.1) is 24.0 Å². The lowest BCUT2D eigenvalue weighted by atomic mass is 9.84. The Bertz CT molecular complexity index is 760. The summed E-state index contributed by atoms with van der Waals surface area (Å²) in [6.07, 6.45) is 1.31. The van der Waals surface area contributed by atoms with Crippen molar-refractivity contribution in [2.24, 2.45) is 5.16 Å². The number of ether oxygens (including phenoxy) is 1. The molecule has 1 saturated heterocycles. The van der Waals surface area contributed by atoms with Gasteiger partial charge in [0.2, 0.25) is 0 Å². The summed E-state index contributed by atoms with van der Waals surface area (Å²) in [6.45, 7) is 4.35. The van der Waals surface area contributed by atoms with Gasteiger partial charge in [0.25, 0.3) is 0 Å². The largest absolute Gasteiger partial charge is 0.411 e. The van der Waals surface area contributed by atoms with Crippen LogP contribution < -0.4 is 0 Å². The van der Waals surface area contributed by atoms with E-state index >= 15 is 0 Å². The van der Waals surface area contributed by atoms with Crippen molar-refractivity contribution in [2.75, 3.05) is 6.61 Å². The van der Waals surface area contributed by atoms with E-state index in [0.29, 0.717) is 25.2 Å². The molecule has 1 heterocycles. The van der Waals surface area contributed by atoms with E-state index in [1.807, 2.05) is 43.3 Å². The van der Waals surface area contributed by atoms with Crippen LogP contribution >= 0.6 is 11.8 Å². The minimum atomic E-state index is -0.813. The van der Waals surface area contributed by atoms with Crippen LogP contribution in [0.5, 0.6) is 0 Å². The fraction of sp³-hybridized carbons (Fsp3) is 0.350. The van der Waals surface area contributed by atoms with Crippen molar-refractivity contribution < 1.29 is 15.1 Å². The first kappa shape index (κ1) is 18.0. The first-order valence-corrected chi connectivity index (χ1v) is 9.23. The summed E-state index contributed by atoms with van der Waals surface area (Å²) < 4.78 is 5.57. The SMILES string of the molecule is CC(=NO)c1ccc(Sc2cccc([C@@]3(O)CCO[C@@H](C)C3)c2)cc1. The first-order valence-electron chi connectivity index (χ1n) is 8.42. The van der Waals surface area contributed by atoms with Gasteiger partial charge in [-0.25, -0.2) is 0 Å². The molecule has 25 heavy (non-hydrogen) atoms. The van der Waals surface area contributed by atoms with Crippen molar-refractivity contribution in [3.63, 3.8) is 0 Å². The Kier molecular flexibility index (Phi) is 5.47. The molecule has 0 radical (unpaired) electrons. The lowest BCUT2D eigenvalue weighted by Crippen LogP contribution is -2.37. The van der Waals surface area contributed by atoms with E-state index in [9.17, 15) is 5.11 Å². The highest BCUT2D eigenvalue weighted by Crippen LogP contribution is 2.37. The molecular formula is C20H23NO3S. The standard InChI is InChI=1S/C20H23NO3S/c1-14-13-20(22,10-11-24-14)17-4-3-5-19(12-17)25-18-8-6-16(7-9-18)15(2)21-23/h3-9,12,14,22-23H,10-11,13H2,1-2H3/t14-,20+/m0/s1. The van der Waals surface area contributed by atoms with Crippen LogP contribution in [0.25, 0.3) is 0 Å². The van der Waals surface area contributed by atoms with Gasteiger partial charge in [-0.2, -0.15) is 0 Å². The Morgan fingerprint density at radius 2 is 1.96 bits per heavy atom. The van der Waals surface area contributed by atoms with Gasteiger partial charge < -0.3 is 15.1 Å². The summed E-state index contributed by atoms with van der Waals surface area (Å²) in [7, 11) is 0. The van der Waals surface area contributed by atoms with Crippen molar-refractivity contribution in [3.8, 4) is 0 Å². The van der Waals surface area contributed by atoms with E-state index in [1.165, 1.54) is 0 Å². The third-order valence-corrected chi connectivity index (χ3v) is 5.57. The van der Waals surface area contributed by atoms with E-state index in [2.05, 4.69) is 17.3 Å². The monoisotopic (exact) mass is 357 g/mol. The second-order valence-electron chi connectivity index (χ2n) is 6.51. The van der Waals surface area contributed by atoms with Crippen LogP contribution in [0.15, 0.2) is 63.5 Å². The van der Waals surface area contributed by atoms with Crippen LogP contribution in [-0.2, 0) is 10.3 Å². The molecule has 1 aliphatic heterocycles. The summed E-state index contributed by atoms with van der Waals surface area (Å²) in [5, 5.41) is 23.1. The molecule has 0 amide bonds. The molecule has 0 spiro atoms. The number of rotatable bonds is 4. The minimum Gasteiger partial charge on any atom is -0.411 e. The van der Waals surface area contributed by atoms with Crippen LogP contribution in [0.4, 0.5) is 0 Å². The summed E-state index contributed by atoms with van der Waals surface area (Å²) in [5.41, 5.74) is 1.63. The van der Waals surface area contributed by atoms with Gasteiger partial charge in [-0.3, -0.25) is 0 Å². The fourth-order valence-corrected chi connectivity index (χ4v) is 4.01. The van der Waals surface area contributed by atoms with Crippen LogP contribution in [0.1, 0.15) is 37.8 Å². The fourth-order valence-electron chi connectivity index (χ4n) is 3.13. The van der Waals surface area contributed by atoms with Gasteiger partial charge in [0.1, 0.15) is 0 Å². The average Bonchev–Trinajstić information content (AvgIpc) is 2.62. The van der Waals surface area contributed by atoms with E-state index in [-0.39, 0.29) is 6.10 Å². The molecule has 5 heteroatoms. The summed E-state index contributed by atoms with van der Waals surface area (Å²) in [4.78, 5) is 2.18. The van der Waals surface area contributed by atoms with Gasteiger partial charge in [-0.1, -0.05) is 41.2 Å². The first-order chi connectivity index (χ1) is 12.0. The highest BCUT2D eigenvalue weighted by molar-refractivity contribution is 7.99. The van der Waals surface area contributed by atoms with E-state index in [0.717, 1.165) is 20.9 Å². The smallest absolute Gasteiger partial charge is 0.0943 e. The molecular weight excluding hydrogens is 334 g/mol. The zero-order valence-corrected chi connectivity index (χ0v) is 15.3. The topological polar surface area (TPSA) is 62.1 Å². The predicted octanol–water partition coefficient (Wildman–Crippen LogP) is 4.42. The predicted molar refractivity (Wildman–Crippen MR) is 99.5 cm³/mol. The third-order valence-electron chi connectivity index (χ3n) is 4.57. The van der Waals surface area contributed by atoms with Gasteiger partial charge in [-0.05, 0) is 49.2 Å². The van der Waals surface area contributed by atoms with Crippen LogP contribution in [-0.4, -0.2) is 28.7 Å². The minimum absolute atomic E-state index is 0.0685. The van der Waals surface area contributed by atoms with Crippen LogP contribution in [0.3, 0.4) is 0 Å². The Labute approximate surface area is 152 Å². The molecule has 132 valence electrons. The Morgan fingerprint density at radius 3 is 2.64 bits per heavy atom. The maximum atomic E-state index is 11.0. The second-order valence-corrected chi connectivity index (χ2v) is 7.65. The van der Waals surface area contributed by atoms with Gasteiger partial charge in [-0.15, -0.1) is 0 Å². The molecule has 4 nitrogen and oxygen atoms in total. The summed E-state index contributed by atoms with van der Waals surface area (Å²) in [5.74, 6) is 0. The molecule has 2 aromatic carbocycles. The van der Waals surface area contributed by atoms with Crippen LogP contribution in [0, 0.1) is 0 Å². The number of nitrogens with zero attached hydrogens (tertiary/aromatic N) is 1. The lowest BCUT2D eigenvalue weighted by Gasteiger charge is -2.36. The number of oxime groups is 1. The molecule has 3 rings (SSSR count). The zero-order valence-electron chi connectivity index (χ0n) is 14.5. The normalized spacial score (nSPS) is 24.3. The Hall–Kier alpha value is -1.82. The molecule has 2 N–H and O–H groups in total. The zero-order chi connectivity index (χ0) is 17.9. The molecule has 1 aliphatic rings. The van der Waals surface area contributed by atoms with Crippen molar-refractivity contribution >= 4 is 17.5 Å². The van der Waals surface area contributed by atoms with Crippen LogP contribution in [0.2, 0.25) is 0 Å². The molecule has 0 aliphatic carbocycles. The van der Waals surface area contributed by atoms with Gasteiger partial charge in [0.15, 0.2) is 0 Å². The lowest BCUT2D eigenvalue weighted by molar-refractivity contribution is -0.101. The van der Waals surface area contributed by atoms with Crippen molar-refractivity contribution in [1.29, 1.82) is 0 Å². The third kappa shape index (κ3) is 4.24. The quantitative estimate of drug-likeness (QED) is 0.483. The Morgan fingerprint density at radius 1 is 1.20 bits per heavy atom. The summed E-state index contributed by atoms with van der Waals surface area (Å²) >= 11 is 1.65. The van der Waals surface area contributed by atoms with E-state index < -0.39 is 5.60 Å². The maximum absolute atomic E-state index is 11.0. The number of benzene rings is 2. The van der Waals surface area contributed by atoms with Crippen molar-refractivity contribution in [3.05, 3.63) is 59.7 Å². The second kappa shape index (κ2) is 7.60. The van der Waals surface area contributed by atoms with Gasteiger partial charge >= 0.3 is 0 Å². The highest BCUT2D eigenvalue weighted by Gasteiger charge is 2.35. The van der Waals surface area contributed by atoms with Gasteiger partial charge in [0, 0.05) is 22.6 Å². The molecule has 0 unspecified atom stereocenters. The summed E-state index contributed by atoms with van der Waals surface area (Å²) in [6, 6.07) is 16.0. The highest BCUT2D eigenvalue weighted by atomic mass is 32.2. The van der Waals surface area contributed by atoms with E-state index in [4.69, 9.17) is 9.94 Å². The molecule has 0 aromatic heterocycles. The Balaban J connectivity index is 1.78. The molecule has 1 fully saturated rings. The number of hydrogen-bond acceptors (Lipinski definition) is 5. The molecule has 2 aromatic rings. The maximum Gasteiger partial charge on any atom is 0.0943 e. The molecule has 2 atom stereocenters.